The molecule has 0 atom stereocenters. The van der Waals surface area contributed by atoms with Crippen molar-refractivity contribution in [3.63, 3.8) is 0 Å². The van der Waals surface area contributed by atoms with E-state index >= 15 is 0 Å². The van der Waals surface area contributed by atoms with Gasteiger partial charge in [0.05, 0.1) is 34.1 Å². The molecular weight excluding hydrogens is 797 g/mol. The smallest absolute Gasteiger partial charge is 0.0540 e. The Morgan fingerprint density at radius 3 is 1.03 bits per heavy atom. The van der Waals surface area contributed by atoms with Gasteiger partial charge in [0.1, 0.15) is 0 Å². The fourth-order valence-electron chi connectivity index (χ4n) is 13.5. The Bertz CT molecular complexity index is 3530. The Balaban J connectivity index is 1.03. The first-order valence-corrected chi connectivity index (χ1v) is 23.9. The minimum Gasteiger partial charge on any atom is -0.309 e. The van der Waals surface area contributed by atoms with E-state index in [9.17, 15) is 0 Å². The van der Waals surface area contributed by atoms with E-state index in [1.165, 1.54) is 133 Å². The third-order valence-corrected chi connectivity index (χ3v) is 17.0. The number of rotatable bonds is 2. The van der Waals surface area contributed by atoms with Gasteiger partial charge in [0.15, 0.2) is 0 Å². The second-order valence-electron chi connectivity index (χ2n) is 21.7. The number of nitrogens with zero attached hydrogens (tertiary/aromatic N) is 2. The van der Waals surface area contributed by atoms with Crippen molar-refractivity contribution in [3.05, 3.63) is 214 Å². The van der Waals surface area contributed by atoms with Crippen LogP contribution in [0.5, 0.6) is 0 Å². The first-order chi connectivity index (χ1) is 31.8. The lowest BCUT2D eigenvalue weighted by molar-refractivity contribution is 0.619. The molecule has 2 nitrogen and oxygen atoms in total. The first-order valence-electron chi connectivity index (χ1n) is 23.9. The predicted molar refractivity (Wildman–Crippen MR) is 279 cm³/mol. The number of anilines is 6. The van der Waals surface area contributed by atoms with Gasteiger partial charge in [-0.1, -0.05) is 189 Å². The zero-order chi connectivity index (χ0) is 44.8. The summed E-state index contributed by atoms with van der Waals surface area (Å²) in [4.78, 5) is 5.19. The summed E-state index contributed by atoms with van der Waals surface area (Å²) >= 11 is 0. The van der Waals surface area contributed by atoms with E-state index < -0.39 is 0 Å². The van der Waals surface area contributed by atoms with Gasteiger partial charge in [-0.25, -0.2) is 0 Å². The number of fused-ring (bicyclic) bond motifs is 10. The topological polar surface area (TPSA) is 6.48 Å². The van der Waals surface area contributed by atoms with E-state index in [0.29, 0.717) is 0 Å². The van der Waals surface area contributed by atoms with Gasteiger partial charge >= 0.3 is 0 Å². The van der Waals surface area contributed by atoms with Crippen LogP contribution in [0.25, 0.3) is 54.6 Å². The Morgan fingerprint density at radius 1 is 0.258 bits per heavy atom. The molecule has 0 saturated carbocycles. The van der Waals surface area contributed by atoms with Crippen LogP contribution in [0.15, 0.2) is 170 Å². The van der Waals surface area contributed by atoms with Gasteiger partial charge in [-0.2, -0.15) is 0 Å². The van der Waals surface area contributed by atoms with Crippen molar-refractivity contribution < 1.29 is 0 Å². The molecule has 0 aromatic heterocycles. The van der Waals surface area contributed by atoms with Crippen LogP contribution in [0.4, 0.5) is 34.1 Å². The molecule has 2 aliphatic carbocycles. The second-order valence-corrected chi connectivity index (χ2v) is 21.7. The molecule has 14 rings (SSSR count). The molecule has 0 amide bonds. The summed E-state index contributed by atoms with van der Waals surface area (Å²) in [7, 11) is 0. The fourth-order valence-corrected chi connectivity index (χ4v) is 13.5. The average Bonchev–Trinajstić information content (AvgIpc) is 3.69. The normalized spacial score (nSPS) is 17.2. The number of para-hydroxylation sites is 2. The highest BCUT2D eigenvalue weighted by Gasteiger charge is 2.45. The maximum atomic E-state index is 2.59. The summed E-state index contributed by atoms with van der Waals surface area (Å²) in [6, 6.07) is 65.5. The number of hydrogen-bond donors (Lipinski definition) is 0. The molecule has 2 aliphatic heterocycles. The van der Waals surface area contributed by atoms with Crippen molar-refractivity contribution >= 4 is 66.4 Å². The minimum absolute atomic E-state index is 0.0875. The third-order valence-electron chi connectivity index (χ3n) is 17.0. The van der Waals surface area contributed by atoms with E-state index in [-0.39, 0.29) is 21.7 Å². The lowest BCUT2D eigenvalue weighted by atomic mass is 9.71. The molecule has 0 unspecified atom stereocenters. The molecule has 10 aromatic carbocycles. The fraction of sp³-hybridized carbons (Fsp3) is 0.188. The van der Waals surface area contributed by atoms with Gasteiger partial charge in [0, 0.05) is 32.4 Å². The largest absolute Gasteiger partial charge is 0.309 e. The lowest BCUT2D eigenvalue weighted by Crippen LogP contribution is -2.31. The molecule has 0 N–H and O–H groups in total. The maximum Gasteiger partial charge on any atom is 0.0540 e. The van der Waals surface area contributed by atoms with Crippen LogP contribution < -0.4 is 9.80 Å². The van der Waals surface area contributed by atoms with Crippen LogP contribution in [0, 0.1) is 0 Å². The lowest BCUT2D eigenvalue weighted by Gasteiger charge is -2.43. The minimum atomic E-state index is -0.200. The second kappa shape index (κ2) is 12.4. The SMILES string of the molecule is CC1(C)c2ccccc2-c2cc3c(cc21)C(C)(C)c1ccccc1N3c1ccc2ccc3c(N4c5ccccc5C(C)(C)c5cc6c(cc54)-c4ccccc4C6(C)C)ccc4ccc1c2c43. The van der Waals surface area contributed by atoms with E-state index in [0.717, 1.165) is 0 Å². The molecule has 0 saturated heterocycles. The summed E-state index contributed by atoms with van der Waals surface area (Å²) in [5.41, 5.74) is 23.4. The summed E-state index contributed by atoms with van der Waals surface area (Å²) in [5, 5.41) is 7.68. The molecule has 0 radical (unpaired) electrons. The zero-order valence-electron chi connectivity index (χ0n) is 39.1. The van der Waals surface area contributed by atoms with Gasteiger partial charge in [-0.15, -0.1) is 0 Å². The summed E-state index contributed by atoms with van der Waals surface area (Å²) < 4.78 is 0. The van der Waals surface area contributed by atoms with E-state index in [2.05, 4.69) is 235 Å². The Morgan fingerprint density at radius 2 is 0.606 bits per heavy atom. The van der Waals surface area contributed by atoms with E-state index in [4.69, 9.17) is 0 Å². The van der Waals surface area contributed by atoms with Crippen LogP contribution in [0.1, 0.15) is 99.9 Å². The Kier molecular flexibility index (Phi) is 7.16. The van der Waals surface area contributed by atoms with E-state index in [1.54, 1.807) is 0 Å². The van der Waals surface area contributed by atoms with E-state index in [1.807, 2.05) is 0 Å². The molecule has 4 aliphatic rings. The molecule has 0 bridgehead atoms. The summed E-state index contributed by atoms with van der Waals surface area (Å²) in [6.07, 6.45) is 0. The van der Waals surface area contributed by atoms with Crippen LogP contribution in [-0.4, -0.2) is 0 Å². The average molecular weight is 849 g/mol. The van der Waals surface area contributed by atoms with Crippen molar-refractivity contribution in [2.24, 2.45) is 0 Å². The molecule has 318 valence electrons. The Labute approximate surface area is 388 Å². The standard InChI is InChI=1S/C64H52N2/c1-61(2)45-19-11-9-17-39(45)43-33-57-51(35-49(43)61)63(5,6)47-21-13-15-23-55(47)65(57)53-31-27-37-26-30-42-54(32-28-38-25-29-41(53)59(37)60(38)42)66-56-24-16-14-22-48(56)64(7,8)52-36-50-44(34-58(52)66)40-18-10-12-20-46(40)62(50,3)4/h9-36H,1-8H3. The van der Waals surface area contributed by atoms with Gasteiger partial charge in [-0.05, 0) is 125 Å². The number of hydrogen-bond acceptors (Lipinski definition) is 2. The maximum absolute atomic E-state index is 2.59. The summed E-state index contributed by atoms with van der Waals surface area (Å²) in [5.74, 6) is 0. The highest BCUT2D eigenvalue weighted by atomic mass is 15.2. The molecular formula is C64H52N2. The van der Waals surface area contributed by atoms with Crippen molar-refractivity contribution in [3.8, 4) is 22.3 Å². The highest BCUT2D eigenvalue weighted by molar-refractivity contribution is 6.28. The molecule has 10 aromatic rings. The highest BCUT2D eigenvalue weighted by Crippen LogP contribution is 2.61. The van der Waals surface area contributed by atoms with Crippen LogP contribution in [0.3, 0.4) is 0 Å². The molecule has 2 heterocycles. The molecule has 66 heavy (non-hydrogen) atoms. The van der Waals surface area contributed by atoms with Crippen molar-refractivity contribution in [2.75, 3.05) is 9.80 Å². The predicted octanol–water partition coefficient (Wildman–Crippen LogP) is 17.4. The van der Waals surface area contributed by atoms with Crippen LogP contribution in [0.2, 0.25) is 0 Å². The van der Waals surface area contributed by atoms with Gasteiger partial charge in [0.25, 0.3) is 0 Å². The third kappa shape index (κ3) is 4.57. The molecule has 0 spiro atoms. The van der Waals surface area contributed by atoms with Gasteiger partial charge in [0.2, 0.25) is 0 Å². The van der Waals surface area contributed by atoms with Gasteiger partial charge in [-0.3, -0.25) is 0 Å². The monoisotopic (exact) mass is 848 g/mol. The quantitative estimate of drug-likeness (QED) is 0.160. The zero-order valence-corrected chi connectivity index (χ0v) is 39.1. The molecule has 0 fully saturated rings. The van der Waals surface area contributed by atoms with Crippen molar-refractivity contribution in [2.45, 2.75) is 77.0 Å². The first kappa shape index (κ1) is 38.1. The summed E-state index contributed by atoms with van der Waals surface area (Å²) in [6.45, 7) is 19.3. The molecule has 2 heteroatoms. The van der Waals surface area contributed by atoms with Crippen LogP contribution in [-0.2, 0) is 21.7 Å². The number of benzene rings is 10. The van der Waals surface area contributed by atoms with Crippen molar-refractivity contribution in [1.82, 2.24) is 0 Å². The van der Waals surface area contributed by atoms with Crippen LogP contribution >= 0.6 is 0 Å². The Hall–Kier alpha value is -7.16. The van der Waals surface area contributed by atoms with Crippen molar-refractivity contribution in [1.29, 1.82) is 0 Å². The van der Waals surface area contributed by atoms with Gasteiger partial charge < -0.3 is 9.80 Å².